The number of carbonyl (C=O) groups is 1. The van der Waals surface area contributed by atoms with E-state index >= 15 is 0 Å². The fourth-order valence-corrected chi connectivity index (χ4v) is 4.92. The molecule has 9 heteroatoms. The molecular formula is C30H63N2O6P. The van der Waals surface area contributed by atoms with Gasteiger partial charge in [-0.3, -0.25) is 9.36 Å². The molecule has 7 N–H and O–H groups in total. The van der Waals surface area contributed by atoms with E-state index < -0.39 is 26.6 Å². The van der Waals surface area contributed by atoms with E-state index in [1.807, 2.05) is 6.08 Å². The van der Waals surface area contributed by atoms with Gasteiger partial charge in [0.25, 0.3) is 7.82 Å². The Morgan fingerprint density at radius 1 is 0.795 bits per heavy atom. The monoisotopic (exact) mass is 578 g/mol. The summed E-state index contributed by atoms with van der Waals surface area (Å²) in [6.07, 6.45) is 27.8. The number of allylic oxidation sites excluding steroid dienone is 1. The van der Waals surface area contributed by atoms with Gasteiger partial charge in [-0.2, -0.15) is 0 Å². The van der Waals surface area contributed by atoms with E-state index in [4.69, 9.17) is 4.89 Å². The van der Waals surface area contributed by atoms with Crippen LogP contribution in [0.3, 0.4) is 0 Å². The van der Waals surface area contributed by atoms with Gasteiger partial charge >= 0.3 is 0 Å². The SMILES string of the molecule is CCCCCCCCCCCCC/C=C/C(O)C(COP(=O)([O-])O)NC(=O)CCCCCCCCCCC.[NH4+]. The molecule has 0 bridgehead atoms. The molecule has 234 valence electrons. The average Bonchev–Trinajstić information content (AvgIpc) is 2.87. The number of quaternary nitrogens is 1. The zero-order chi connectivity index (χ0) is 28.3. The van der Waals surface area contributed by atoms with Crippen molar-refractivity contribution in [3.05, 3.63) is 12.2 Å². The number of amides is 1. The van der Waals surface area contributed by atoms with Gasteiger partial charge < -0.3 is 30.9 Å². The summed E-state index contributed by atoms with van der Waals surface area (Å²) in [6.45, 7) is 3.94. The van der Waals surface area contributed by atoms with E-state index in [0.717, 1.165) is 38.5 Å². The lowest BCUT2D eigenvalue weighted by atomic mass is 10.0. The number of nitrogens with one attached hydrogen (secondary N) is 1. The molecule has 3 atom stereocenters. The fourth-order valence-electron chi connectivity index (χ4n) is 4.57. The first-order valence-electron chi connectivity index (χ1n) is 15.6. The van der Waals surface area contributed by atoms with Crippen LogP contribution in [0.2, 0.25) is 0 Å². The summed E-state index contributed by atoms with van der Waals surface area (Å²) in [5.74, 6) is -0.252. The summed E-state index contributed by atoms with van der Waals surface area (Å²) in [4.78, 5) is 32.3. The minimum atomic E-state index is -4.94. The van der Waals surface area contributed by atoms with Crippen LogP contribution in [0.4, 0.5) is 0 Å². The minimum absolute atomic E-state index is 0. The second kappa shape index (κ2) is 28.8. The number of hydrogen-bond donors (Lipinski definition) is 4. The van der Waals surface area contributed by atoms with Crippen LogP contribution in [0.5, 0.6) is 0 Å². The predicted molar refractivity (Wildman–Crippen MR) is 162 cm³/mol. The molecule has 0 aromatic rings. The highest BCUT2D eigenvalue weighted by molar-refractivity contribution is 7.44. The van der Waals surface area contributed by atoms with E-state index in [1.165, 1.54) is 96.3 Å². The maximum absolute atomic E-state index is 12.4. The maximum Gasteiger partial charge on any atom is 0.265 e. The number of phosphoric ester groups is 1. The predicted octanol–water partition coefficient (Wildman–Crippen LogP) is 7.86. The quantitative estimate of drug-likeness (QED) is 0.0420. The molecule has 0 saturated heterocycles. The van der Waals surface area contributed by atoms with E-state index in [2.05, 4.69) is 23.7 Å². The van der Waals surface area contributed by atoms with Gasteiger partial charge in [0.1, 0.15) is 0 Å². The molecular weight excluding hydrogens is 515 g/mol. The van der Waals surface area contributed by atoms with Crippen LogP contribution in [0.25, 0.3) is 0 Å². The van der Waals surface area contributed by atoms with Crippen LogP contribution < -0.4 is 16.4 Å². The minimum Gasteiger partial charge on any atom is -0.756 e. The lowest BCUT2D eigenvalue weighted by molar-refractivity contribution is -0.220. The Labute approximate surface area is 240 Å². The molecule has 0 aromatic carbocycles. The van der Waals surface area contributed by atoms with Gasteiger partial charge in [-0.25, -0.2) is 0 Å². The molecule has 0 aliphatic rings. The van der Waals surface area contributed by atoms with Crippen molar-refractivity contribution < 1.29 is 28.8 Å². The van der Waals surface area contributed by atoms with Crippen molar-refractivity contribution in [2.75, 3.05) is 6.61 Å². The van der Waals surface area contributed by atoms with Crippen molar-refractivity contribution in [3.8, 4) is 0 Å². The Morgan fingerprint density at radius 3 is 1.64 bits per heavy atom. The Kier molecular flexibility index (Phi) is 29.8. The number of aliphatic hydroxyl groups excluding tert-OH is 1. The molecule has 0 rings (SSSR count). The van der Waals surface area contributed by atoms with Gasteiger partial charge in [0.2, 0.25) is 5.91 Å². The van der Waals surface area contributed by atoms with Gasteiger partial charge in [0.15, 0.2) is 0 Å². The second-order valence-corrected chi connectivity index (χ2v) is 12.0. The molecule has 1 amide bonds. The third-order valence-corrected chi connectivity index (χ3v) is 7.47. The third-order valence-electron chi connectivity index (χ3n) is 6.99. The van der Waals surface area contributed by atoms with Crippen molar-refractivity contribution in [3.63, 3.8) is 0 Å². The number of unbranched alkanes of at least 4 members (excludes halogenated alkanes) is 19. The zero-order valence-electron chi connectivity index (χ0n) is 25.5. The highest BCUT2D eigenvalue weighted by Crippen LogP contribution is 2.30. The maximum atomic E-state index is 12.4. The number of hydrogen-bond acceptors (Lipinski definition) is 5. The molecule has 0 saturated carbocycles. The normalized spacial score (nSPS) is 14.6. The first-order chi connectivity index (χ1) is 18.3. The Hall–Kier alpha value is -0.760. The molecule has 0 heterocycles. The standard InChI is InChI=1S/C30H60NO6P.H3N/c1-3-5-7-9-11-13-14-15-16-18-19-21-23-25-29(32)28(27-37-38(34,35)36)31-30(33)26-24-22-20-17-12-10-8-6-4-2;/h23,25,28-29,32H,3-22,24,26-27H2,1-2H3,(H,31,33)(H2,34,35,36);1H3/b25-23+;. The van der Waals surface area contributed by atoms with Gasteiger partial charge in [-0.15, -0.1) is 0 Å². The van der Waals surface area contributed by atoms with Crippen LogP contribution in [0.1, 0.15) is 155 Å². The van der Waals surface area contributed by atoms with Gasteiger partial charge in [-0.05, 0) is 19.3 Å². The van der Waals surface area contributed by atoms with E-state index in [1.54, 1.807) is 6.08 Å². The highest BCUT2D eigenvalue weighted by atomic mass is 31.2. The van der Waals surface area contributed by atoms with Crippen molar-refractivity contribution in [1.29, 1.82) is 0 Å². The lowest BCUT2D eigenvalue weighted by Gasteiger charge is -2.25. The van der Waals surface area contributed by atoms with Crippen molar-refractivity contribution in [1.82, 2.24) is 11.5 Å². The molecule has 0 aliphatic heterocycles. The summed E-state index contributed by atoms with van der Waals surface area (Å²) in [7, 11) is -4.94. The molecule has 3 unspecified atom stereocenters. The molecule has 0 spiro atoms. The van der Waals surface area contributed by atoms with Crippen LogP contribution in [0, 0.1) is 0 Å². The molecule has 0 aromatic heterocycles. The van der Waals surface area contributed by atoms with E-state index in [-0.39, 0.29) is 12.1 Å². The van der Waals surface area contributed by atoms with Crippen molar-refractivity contribution in [2.24, 2.45) is 0 Å². The molecule has 0 aliphatic carbocycles. The van der Waals surface area contributed by atoms with Crippen molar-refractivity contribution in [2.45, 2.75) is 167 Å². The number of phosphoric acid groups is 1. The summed E-state index contributed by atoms with van der Waals surface area (Å²) >= 11 is 0. The smallest absolute Gasteiger partial charge is 0.265 e. The highest BCUT2D eigenvalue weighted by Gasteiger charge is 2.21. The van der Waals surface area contributed by atoms with Crippen molar-refractivity contribution >= 4 is 13.7 Å². The molecule has 8 nitrogen and oxygen atoms in total. The first kappa shape index (κ1) is 40.4. The number of aliphatic hydroxyl groups is 1. The Morgan fingerprint density at radius 2 is 1.21 bits per heavy atom. The van der Waals surface area contributed by atoms with Gasteiger partial charge in [-0.1, -0.05) is 142 Å². The average molecular weight is 579 g/mol. The van der Waals surface area contributed by atoms with Crippen LogP contribution in [0.15, 0.2) is 12.2 Å². The molecule has 39 heavy (non-hydrogen) atoms. The van der Waals surface area contributed by atoms with E-state index in [0.29, 0.717) is 6.42 Å². The number of rotatable bonds is 28. The number of carbonyl (C=O) groups excluding carboxylic acids is 1. The fraction of sp³-hybridized carbons (Fsp3) is 0.900. The molecule has 0 radical (unpaired) electrons. The summed E-state index contributed by atoms with van der Waals surface area (Å²) in [5, 5.41) is 13.2. The van der Waals surface area contributed by atoms with Gasteiger partial charge in [0, 0.05) is 6.42 Å². The largest absolute Gasteiger partial charge is 0.756 e. The lowest BCUT2D eigenvalue weighted by Crippen LogP contribution is -2.45. The Bertz CT molecular complexity index is 614. The third kappa shape index (κ3) is 30.0. The Balaban J connectivity index is 0. The topological polar surface area (TPSA) is 155 Å². The van der Waals surface area contributed by atoms with Crippen LogP contribution in [-0.2, 0) is 13.9 Å². The van der Waals surface area contributed by atoms with E-state index in [9.17, 15) is 19.4 Å². The second-order valence-electron chi connectivity index (χ2n) is 10.8. The first-order valence-corrected chi connectivity index (χ1v) is 17.1. The van der Waals surface area contributed by atoms with Crippen LogP contribution in [-0.4, -0.2) is 34.7 Å². The summed E-state index contributed by atoms with van der Waals surface area (Å²) in [6, 6.07) is -0.941. The molecule has 0 fully saturated rings. The van der Waals surface area contributed by atoms with Gasteiger partial charge in [0.05, 0.1) is 18.8 Å². The van der Waals surface area contributed by atoms with Crippen LogP contribution >= 0.6 is 7.82 Å². The summed E-state index contributed by atoms with van der Waals surface area (Å²) in [5.41, 5.74) is 0. The zero-order valence-corrected chi connectivity index (χ0v) is 26.4. The summed E-state index contributed by atoms with van der Waals surface area (Å²) < 4.78 is 15.5.